The first-order valence-corrected chi connectivity index (χ1v) is 18.6. The summed E-state index contributed by atoms with van der Waals surface area (Å²) < 4.78 is 4.65. The van der Waals surface area contributed by atoms with Crippen molar-refractivity contribution in [1.29, 1.82) is 0 Å². The Labute approximate surface area is 313 Å². The first-order chi connectivity index (χ1) is 22.7. The van der Waals surface area contributed by atoms with Crippen molar-refractivity contribution >= 4 is 48.1 Å². The fourth-order valence-electron chi connectivity index (χ4n) is 6.79. The molecule has 0 aliphatic carbocycles. The summed E-state index contributed by atoms with van der Waals surface area (Å²) in [5, 5.41) is 14.9. The van der Waals surface area contributed by atoms with Crippen LogP contribution in [0.1, 0.15) is 105 Å². The minimum absolute atomic E-state index is 0. The largest absolute Gasteiger partial charge is 0.512 e. The molecular formula is C44H56IrNO2S-. The number of fused-ring (bicyclic) bond motifs is 4. The van der Waals surface area contributed by atoms with Crippen molar-refractivity contribution < 1.29 is 34.6 Å². The summed E-state index contributed by atoms with van der Waals surface area (Å²) in [6.07, 6.45) is 8.11. The van der Waals surface area contributed by atoms with Crippen LogP contribution in [0.25, 0.3) is 42.2 Å². The first-order valence-electron chi connectivity index (χ1n) is 17.8. The smallest absolute Gasteiger partial charge is 0.162 e. The Morgan fingerprint density at radius 2 is 1.49 bits per heavy atom. The maximum absolute atomic E-state index is 11.7. The maximum Gasteiger partial charge on any atom is 0.162 e. The Bertz CT molecular complexity index is 1920. The van der Waals surface area contributed by atoms with Crippen LogP contribution >= 0.6 is 11.3 Å². The van der Waals surface area contributed by atoms with Gasteiger partial charge >= 0.3 is 0 Å². The van der Waals surface area contributed by atoms with Crippen LogP contribution in [0.5, 0.6) is 0 Å². The average molecular weight is 855 g/mol. The Balaban J connectivity index is 0.000000347. The van der Waals surface area contributed by atoms with Crippen LogP contribution in [0, 0.1) is 31.7 Å². The minimum Gasteiger partial charge on any atom is -0.512 e. The van der Waals surface area contributed by atoms with E-state index in [9.17, 15) is 9.90 Å². The quantitative estimate of drug-likeness (QED) is 0.0658. The molecule has 5 aromatic rings. The normalized spacial score (nSPS) is 12.2. The fraction of sp³-hybridized carbons (Fsp3) is 0.409. The summed E-state index contributed by atoms with van der Waals surface area (Å²) >= 11 is 1.88. The van der Waals surface area contributed by atoms with Gasteiger partial charge in [0.2, 0.25) is 0 Å². The van der Waals surface area contributed by atoms with Gasteiger partial charge in [0.25, 0.3) is 0 Å². The van der Waals surface area contributed by atoms with E-state index in [0.29, 0.717) is 5.92 Å². The van der Waals surface area contributed by atoms with Crippen LogP contribution < -0.4 is 4.57 Å². The molecule has 0 bridgehead atoms. The third-order valence-electron chi connectivity index (χ3n) is 9.66. The average Bonchev–Trinajstić information content (AvgIpc) is 3.40. The predicted molar refractivity (Wildman–Crippen MR) is 209 cm³/mol. The number of carbonyl (C=O) groups is 1. The molecule has 0 aliphatic heterocycles. The van der Waals surface area contributed by atoms with Crippen LogP contribution in [0.3, 0.4) is 0 Å². The molecule has 0 unspecified atom stereocenters. The molecule has 0 aliphatic rings. The molecule has 2 aromatic heterocycles. The van der Waals surface area contributed by atoms with E-state index in [1.54, 1.807) is 0 Å². The Hall–Kier alpha value is -3.11. The molecule has 0 spiro atoms. The molecule has 0 atom stereocenters. The van der Waals surface area contributed by atoms with Gasteiger partial charge in [-0.2, -0.15) is 12.5 Å². The number of hydrogen-bond acceptors (Lipinski definition) is 3. The van der Waals surface area contributed by atoms with Crippen molar-refractivity contribution in [2.75, 3.05) is 0 Å². The molecule has 49 heavy (non-hydrogen) atoms. The van der Waals surface area contributed by atoms with E-state index in [0.717, 1.165) is 43.4 Å². The van der Waals surface area contributed by atoms with E-state index in [-0.39, 0.29) is 48.9 Å². The molecule has 1 N–H and O–H groups in total. The van der Waals surface area contributed by atoms with Gasteiger partial charge in [0, 0.05) is 54.5 Å². The van der Waals surface area contributed by atoms with Gasteiger partial charge in [0.1, 0.15) is 0 Å². The van der Waals surface area contributed by atoms with Crippen molar-refractivity contribution in [2.24, 2.45) is 17.8 Å². The third-order valence-corrected chi connectivity index (χ3v) is 10.8. The van der Waals surface area contributed by atoms with E-state index < -0.39 is 0 Å². The topological polar surface area (TPSA) is 41.2 Å². The summed E-state index contributed by atoms with van der Waals surface area (Å²) in [6, 6.07) is 20.2. The number of allylic oxidation sites excluding steroid dienone is 2. The van der Waals surface area contributed by atoms with Gasteiger partial charge in [-0.1, -0.05) is 104 Å². The van der Waals surface area contributed by atoms with Gasteiger partial charge < -0.3 is 9.67 Å². The second-order valence-electron chi connectivity index (χ2n) is 14.7. The summed E-state index contributed by atoms with van der Waals surface area (Å²) in [7, 11) is 4.38. The van der Waals surface area contributed by atoms with Crippen molar-refractivity contribution in [3.05, 3.63) is 103 Å². The third kappa shape index (κ3) is 8.98. The minimum atomic E-state index is 0. The standard InChI is InChI=1S/C31H32NS.C13H24O2.Ir/c1-19(2)16-21-12-13-24-25-14-15-32(7)29(30(25)33-28(24)17-21)26-18-27(31(4,5)6)23-11-9-8-10-22(23)20(26)3;1-5-10(6-2)12(14)9-13(15)11(7-3)8-4;/h8-15,17-19H,3,7,16H2,1-2,4-6H3;9-11,14H,5-8H2,1-4H3;/q-1;;/b;12-9-;. The van der Waals surface area contributed by atoms with Crippen molar-refractivity contribution in [3.8, 4) is 11.3 Å². The molecule has 0 saturated heterocycles. The van der Waals surface area contributed by atoms with Crippen LogP contribution in [0.2, 0.25) is 0 Å². The van der Waals surface area contributed by atoms with E-state index >= 15 is 0 Å². The van der Waals surface area contributed by atoms with E-state index in [2.05, 4.69) is 109 Å². The summed E-state index contributed by atoms with van der Waals surface area (Å²) in [6.45, 7) is 24.1. The van der Waals surface area contributed by atoms with Gasteiger partial charge in [0.15, 0.2) is 5.78 Å². The number of benzene rings is 3. The zero-order valence-electron chi connectivity index (χ0n) is 31.1. The van der Waals surface area contributed by atoms with Crippen molar-refractivity contribution in [2.45, 2.75) is 99.8 Å². The number of pyridine rings is 1. The molecule has 5 heteroatoms. The number of thiophene rings is 1. The molecule has 0 saturated carbocycles. The number of carbonyl (C=O) groups excluding carboxylic acids is 1. The van der Waals surface area contributed by atoms with Crippen LogP contribution in [-0.2, 0) is 36.7 Å². The Morgan fingerprint density at radius 3 is 2.06 bits per heavy atom. The van der Waals surface area contributed by atoms with Gasteiger partial charge in [-0.15, -0.1) is 34.4 Å². The molecular weight excluding hydrogens is 799 g/mol. The number of aliphatic hydroxyl groups is 1. The summed E-state index contributed by atoms with van der Waals surface area (Å²) in [5.74, 6) is 1.20. The number of aliphatic hydroxyl groups excluding tert-OH is 1. The summed E-state index contributed by atoms with van der Waals surface area (Å²) in [5.41, 5.74) is 6.17. The number of ketones is 1. The van der Waals surface area contributed by atoms with Gasteiger partial charge in [-0.3, -0.25) is 4.79 Å². The number of hydrogen-bond donors (Lipinski definition) is 1. The zero-order valence-corrected chi connectivity index (χ0v) is 34.3. The number of aromatic nitrogens is 1. The molecule has 0 amide bonds. The molecule has 5 rings (SSSR count). The molecule has 2 heterocycles. The van der Waals surface area contributed by atoms with E-state index in [1.165, 1.54) is 53.7 Å². The maximum atomic E-state index is 11.7. The van der Waals surface area contributed by atoms with Gasteiger partial charge in [-0.25, -0.2) is 0 Å². The molecule has 3 aromatic carbocycles. The van der Waals surface area contributed by atoms with E-state index in [1.807, 2.05) is 43.6 Å². The second kappa shape index (κ2) is 17.2. The molecule has 265 valence electrons. The molecule has 3 nitrogen and oxygen atoms in total. The number of nitrogens with zero attached hydrogens (tertiary/aromatic N) is 1. The van der Waals surface area contributed by atoms with Gasteiger partial charge in [-0.05, 0) is 71.9 Å². The van der Waals surface area contributed by atoms with Crippen molar-refractivity contribution in [1.82, 2.24) is 0 Å². The first kappa shape index (κ1) is 40.3. The summed E-state index contributed by atoms with van der Waals surface area (Å²) in [4.78, 5) is 11.7. The fourth-order valence-corrected chi connectivity index (χ4v) is 8.12. The van der Waals surface area contributed by atoms with Crippen LogP contribution in [-0.4, -0.2) is 10.9 Å². The van der Waals surface area contributed by atoms with Crippen LogP contribution in [0.15, 0.2) is 72.6 Å². The second-order valence-corrected chi connectivity index (χ2v) is 15.7. The van der Waals surface area contributed by atoms with Gasteiger partial charge in [0.05, 0.1) is 17.6 Å². The predicted octanol–water partition coefficient (Wildman–Crippen LogP) is 12.3. The SMILES string of the molecule is CCC(CC)C(=O)/C=C(\O)C(CC)CC.[CH2-]c1c(-c2c3sc4cc(CC(C)C)ccc4c3cc[n+]2[CH2-])cc(C(C)(C)C)c2ccccc12.[Ir]. The molecule has 0 fully saturated rings. The zero-order chi connectivity index (χ0) is 35.3. The van der Waals surface area contributed by atoms with E-state index in [4.69, 9.17) is 0 Å². The number of rotatable bonds is 10. The van der Waals surface area contributed by atoms with Crippen molar-refractivity contribution in [3.63, 3.8) is 0 Å². The molecule has 1 radical (unpaired) electrons. The monoisotopic (exact) mass is 855 g/mol. The Kier molecular flexibility index (Phi) is 14.2. The Morgan fingerprint density at radius 1 is 0.878 bits per heavy atom. The van der Waals surface area contributed by atoms with Crippen LogP contribution in [0.4, 0.5) is 0 Å².